The summed E-state index contributed by atoms with van der Waals surface area (Å²) in [5.74, 6) is 0.268. The SMILES string of the molecule is CCCC(Nc1nc(NCC)ncc1F)c1cccs1. The Bertz CT molecular complexity index is 530. The summed E-state index contributed by atoms with van der Waals surface area (Å²) in [5.41, 5.74) is 0. The molecule has 0 aromatic carbocycles. The van der Waals surface area contributed by atoms with E-state index in [9.17, 15) is 4.39 Å². The van der Waals surface area contributed by atoms with Gasteiger partial charge in [0, 0.05) is 11.4 Å². The van der Waals surface area contributed by atoms with E-state index in [4.69, 9.17) is 0 Å². The van der Waals surface area contributed by atoms with Gasteiger partial charge in [0.15, 0.2) is 11.6 Å². The van der Waals surface area contributed by atoms with Crippen LogP contribution in [0.2, 0.25) is 0 Å². The molecule has 2 N–H and O–H groups in total. The Kier molecular flexibility index (Phi) is 5.29. The quantitative estimate of drug-likeness (QED) is 0.808. The minimum Gasteiger partial charge on any atom is -0.360 e. The van der Waals surface area contributed by atoms with Crippen molar-refractivity contribution in [3.05, 3.63) is 34.4 Å². The van der Waals surface area contributed by atoms with Crippen molar-refractivity contribution in [1.82, 2.24) is 9.97 Å². The fourth-order valence-electron chi connectivity index (χ4n) is 1.94. The van der Waals surface area contributed by atoms with E-state index in [0.717, 1.165) is 12.8 Å². The van der Waals surface area contributed by atoms with Gasteiger partial charge in [-0.15, -0.1) is 11.3 Å². The molecule has 20 heavy (non-hydrogen) atoms. The van der Waals surface area contributed by atoms with E-state index in [1.165, 1.54) is 11.1 Å². The smallest absolute Gasteiger partial charge is 0.224 e. The number of hydrogen-bond donors (Lipinski definition) is 2. The monoisotopic (exact) mass is 294 g/mol. The highest BCUT2D eigenvalue weighted by Gasteiger charge is 2.15. The number of halogens is 1. The van der Waals surface area contributed by atoms with E-state index in [1.807, 2.05) is 18.4 Å². The maximum absolute atomic E-state index is 13.8. The van der Waals surface area contributed by atoms with E-state index in [2.05, 4.69) is 33.6 Å². The summed E-state index contributed by atoms with van der Waals surface area (Å²) in [7, 11) is 0. The maximum atomic E-state index is 13.8. The van der Waals surface area contributed by atoms with Crippen molar-refractivity contribution >= 4 is 23.1 Å². The zero-order chi connectivity index (χ0) is 14.4. The van der Waals surface area contributed by atoms with Gasteiger partial charge in [-0.05, 0) is 24.8 Å². The van der Waals surface area contributed by atoms with Gasteiger partial charge in [-0.1, -0.05) is 19.4 Å². The molecule has 0 fully saturated rings. The molecule has 0 aliphatic rings. The third-order valence-electron chi connectivity index (χ3n) is 2.85. The van der Waals surface area contributed by atoms with E-state index >= 15 is 0 Å². The number of rotatable bonds is 7. The Morgan fingerprint density at radius 3 is 2.90 bits per heavy atom. The van der Waals surface area contributed by atoms with Crippen molar-refractivity contribution < 1.29 is 4.39 Å². The summed E-state index contributed by atoms with van der Waals surface area (Å²) in [6.45, 7) is 4.77. The lowest BCUT2D eigenvalue weighted by molar-refractivity contribution is 0.606. The molecule has 0 saturated heterocycles. The van der Waals surface area contributed by atoms with Gasteiger partial charge in [0.25, 0.3) is 0 Å². The molecule has 0 spiro atoms. The van der Waals surface area contributed by atoms with Crippen LogP contribution >= 0.6 is 11.3 Å². The highest BCUT2D eigenvalue weighted by Crippen LogP contribution is 2.27. The second kappa shape index (κ2) is 7.19. The van der Waals surface area contributed by atoms with Gasteiger partial charge in [0.2, 0.25) is 5.95 Å². The topological polar surface area (TPSA) is 49.8 Å². The number of thiophene rings is 1. The normalized spacial score (nSPS) is 12.2. The molecule has 1 atom stereocenters. The van der Waals surface area contributed by atoms with Gasteiger partial charge in [0.05, 0.1) is 12.2 Å². The summed E-state index contributed by atoms with van der Waals surface area (Å²) >= 11 is 1.67. The predicted molar refractivity (Wildman–Crippen MR) is 81.7 cm³/mol. The second-order valence-corrected chi connectivity index (χ2v) is 5.40. The molecule has 0 saturated carbocycles. The number of hydrogen-bond acceptors (Lipinski definition) is 5. The van der Waals surface area contributed by atoms with Crippen LogP contribution in [0.4, 0.5) is 16.2 Å². The van der Waals surface area contributed by atoms with Crippen LogP contribution in [0.15, 0.2) is 23.7 Å². The van der Waals surface area contributed by atoms with Crippen molar-refractivity contribution in [3.8, 4) is 0 Å². The summed E-state index contributed by atoms with van der Waals surface area (Å²) in [4.78, 5) is 9.29. The summed E-state index contributed by atoms with van der Waals surface area (Å²) in [6.07, 6.45) is 3.15. The average Bonchev–Trinajstić information content (AvgIpc) is 2.96. The van der Waals surface area contributed by atoms with Gasteiger partial charge in [0.1, 0.15) is 0 Å². The van der Waals surface area contributed by atoms with Crippen LogP contribution in [0, 0.1) is 5.82 Å². The molecule has 2 heterocycles. The molecule has 2 rings (SSSR count). The zero-order valence-electron chi connectivity index (χ0n) is 11.7. The molecule has 0 aliphatic heterocycles. The Labute approximate surface area is 122 Å². The number of nitrogens with one attached hydrogen (secondary N) is 2. The molecule has 0 bridgehead atoms. The molecular weight excluding hydrogens is 275 g/mol. The first-order valence-electron chi connectivity index (χ1n) is 6.81. The molecule has 2 aromatic rings. The molecular formula is C14H19FN4S. The molecule has 0 amide bonds. The minimum atomic E-state index is -0.427. The first kappa shape index (κ1) is 14.7. The molecule has 0 aliphatic carbocycles. The van der Waals surface area contributed by atoms with Crippen LogP contribution < -0.4 is 10.6 Å². The number of nitrogens with zero attached hydrogens (tertiary/aromatic N) is 2. The van der Waals surface area contributed by atoms with Gasteiger partial charge in [-0.3, -0.25) is 0 Å². The highest BCUT2D eigenvalue weighted by molar-refractivity contribution is 7.10. The Morgan fingerprint density at radius 1 is 1.40 bits per heavy atom. The molecule has 2 aromatic heterocycles. The first-order valence-corrected chi connectivity index (χ1v) is 7.68. The van der Waals surface area contributed by atoms with E-state index in [0.29, 0.717) is 12.5 Å². The van der Waals surface area contributed by atoms with Gasteiger partial charge in [-0.2, -0.15) is 4.98 Å². The third kappa shape index (κ3) is 3.66. The van der Waals surface area contributed by atoms with Gasteiger partial charge in [-0.25, -0.2) is 9.37 Å². The lowest BCUT2D eigenvalue weighted by Crippen LogP contribution is -2.13. The van der Waals surface area contributed by atoms with Crippen LogP contribution in [-0.2, 0) is 0 Å². The lowest BCUT2D eigenvalue weighted by Gasteiger charge is -2.18. The van der Waals surface area contributed by atoms with Crippen molar-refractivity contribution in [2.24, 2.45) is 0 Å². The molecule has 6 heteroatoms. The largest absolute Gasteiger partial charge is 0.360 e. The third-order valence-corrected chi connectivity index (χ3v) is 3.84. The maximum Gasteiger partial charge on any atom is 0.224 e. The molecule has 4 nitrogen and oxygen atoms in total. The molecule has 0 radical (unpaired) electrons. The number of anilines is 2. The van der Waals surface area contributed by atoms with Crippen molar-refractivity contribution in [1.29, 1.82) is 0 Å². The second-order valence-electron chi connectivity index (χ2n) is 4.42. The van der Waals surface area contributed by atoms with E-state index in [-0.39, 0.29) is 11.9 Å². The lowest BCUT2D eigenvalue weighted by atomic mass is 10.1. The molecule has 108 valence electrons. The average molecular weight is 294 g/mol. The van der Waals surface area contributed by atoms with Crippen LogP contribution in [0.3, 0.4) is 0 Å². The Hall–Kier alpha value is -1.69. The van der Waals surface area contributed by atoms with Crippen LogP contribution in [0.1, 0.15) is 37.6 Å². The predicted octanol–water partition coefficient (Wildman–Crippen LogP) is 4.06. The van der Waals surface area contributed by atoms with E-state index < -0.39 is 5.82 Å². The Balaban J connectivity index is 2.19. The number of aromatic nitrogens is 2. The van der Waals surface area contributed by atoms with Crippen LogP contribution in [-0.4, -0.2) is 16.5 Å². The van der Waals surface area contributed by atoms with Crippen LogP contribution in [0.25, 0.3) is 0 Å². The van der Waals surface area contributed by atoms with Gasteiger partial charge < -0.3 is 10.6 Å². The van der Waals surface area contributed by atoms with E-state index in [1.54, 1.807) is 11.3 Å². The van der Waals surface area contributed by atoms with Crippen molar-refractivity contribution in [2.45, 2.75) is 32.7 Å². The summed E-state index contributed by atoms with van der Waals surface area (Å²) in [6, 6.07) is 4.14. The van der Waals surface area contributed by atoms with Gasteiger partial charge >= 0.3 is 0 Å². The minimum absolute atomic E-state index is 0.0823. The van der Waals surface area contributed by atoms with Crippen molar-refractivity contribution in [2.75, 3.05) is 17.2 Å². The standard InChI is InChI=1S/C14H19FN4S/c1-3-6-11(12-7-5-8-20-12)18-13-10(15)9-17-14(19-13)16-4-2/h5,7-9,11H,3-4,6H2,1-2H3,(H2,16,17,18,19). The molecule has 1 unspecified atom stereocenters. The Morgan fingerprint density at radius 2 is 2.25 bits per heavy atom. The zero-order valence-corrected chi connectivity index (χ0v) is 12.5. The van der Waals surface area contributed by atoms with Crippen molar-refractivity contribution in [3.63, 3.8) is 0 Å². The summed E-state index contributed by atoms with van der Waals surface area (Å²) < 4.78 is 13.8. The first-order chi connectivity index (χ1) is 9.74. The van der Waals surface area contributed by atoms with Crippen LogP contribution in [0.5, 0.6) is 0 Å². The highest BCUT2D eigenvalue weighted by atomic mass is 32.1. The fourth-order valence-corrected chi connectivity index (χ4v) is 2.75. The summed E-state index contributed by atoms with van der Waals surface area (Å²) in [5, 5.41) is 8.21. The fraction of sp³-hybridized carbons (Fsp3) is 0.429.